The van der Waals surface area contributed by atoms with Gasteiger partial charge >= 0.3 is 0 Å². The van der Waals surface area contributed by atoms with E-state index in [4.69, 9.17) is 19.4 Å². The van der Waals surface area contributed by atoms with Crippen LogP contribution in [0.2, 0.25) is 5.02 Å². The molecular weight excluding hydrogens is 139 g/mol. The van der Waals surface area contributed by atoms with E-state index in [1.807, 2.05) is 0 Å². The number of hydrogen-bond donors (Lipinski definition) is 0. The third kappa shape index (κ3) is 1.42. The number of halogens is 2. The Labute approximate surface area is 58.3 Å². The van der Waals surface area contributed by atoms with Crippen LogP contribution in [0.1, 0.15) is 0 Å². The van der Waals surface area contributed by atoms with Crippen molar-refractivity contribution in [3.05, 3.63) is 23.1 Å². The van der Waals surface area contributed by atoms with Crippen LogP contribution in [0.3, 0.4) is 0 Å². The second-order valence-corrected chi connectivity index (χ2v) is 1.96. The standard InChI is InChI=1S/C5H2BClFN/c6-5-4(8)1-3(7)2-9-5/h1-2H. The van der Waals surface area contributed by atoms with Crippen molar-refractivity contribution >= 4 is 25.0 Å². The van der Waals surface area contributed by atoms with Crippen molar-refractivity contribution in [1.29, 1.82) is 0 Å². The molecule has 1 aromatic heterocycles. The molecule has 0 aliphatic heterocycles. The lowest BCUT2D eigenvalue weighted by atomic mass is 10.0. The summed E-state index contributed by atoms with van der Waals surface area (Å²) in [4.78, 5) is 3.45. The molecule has 0 atom stereocenters. The van der Waals surface area contributed by atoms with E-state index in [0.717, 1.165) is 6.07 Å². The van der Waals surface area contributed by atoms with Gasteiger partial charge in [-0.3, -0.25) is 4.98 Å². The van der Waals surface area contributed by atoms with E-state index < -0.39 is 5.82 Å². The zero-order chi connectivity index (χ0) is 6.85. The summed E-state index contributed by atoms with van der Waals surface area (Å²) in [6.45, 7) is 0. The highest BCUT2D eigenvalue weighted by atomic mass is 35.5. The number of hydrogen-bond acceptors (Lipinski definition) is 1. The molecule has 4 heteroatoms. The normalized spacial score (nSPS) is 9.56. The fraction of sp³-hybridized carbons (Fsp3) is 0. The van der Waals surface area contributed by atoms with Gasteiger partial charge in [0.25, 0.3) is 0 Å². The van der Waals surface area contributed by atoms with Crippen LogP contribution in [-0.4, -0.2) is 12.8 Å². The van der Waals surface area contributed by atoms with Gasteiger partial charge in [0.2, 0.25) is 0 Å². The van der Waals surface area contributed by atoms with E-state index >= 15 is 0 Å². The molecule has 0 N–H and O–H groups in total. The maximum Gasteiger partial charge on any atom is 0.145 e. The SMILES string of the molecule is [B]c1ncc(Cl)cc1F. The Morgan fingerprint density at radius 1 is 1.67 bits per heavy atom. The number of rotatable bonds is 0. The molecule has 0 aliphatic carbocycles. The van der Waals surface area contributed by atoms with E-state index in [2.05, 4.69) is 4.98 Å². The summed E-state index contributed by atoms with van der Waals surface area (Å²) < 4.78 is 12.3. The molecule has 1 aromatic rings. The molecule has 0 unspecified atom stereocenters. The quantitative estimate of drug-likeness (QED) is 0.484. The lowest BCUT2D eigenvalue weighted by Gasteiger charge is -1.92. The van der Waals surface area contributed by atoms with Gasteiger partial charge < -0.3 is 0 Å². The predicted molar refractivity (Wildman–Crippen MR) is 34.6 cm³/mol. The van der Waals surface area contributed by atoms with Crippen LogP contribution in [0.25, 0.3) is 0 Å². The number of nitrogens with zero attached hydrogens (tertiary/aromatic N) is 1. The second-order valence-electron chi connectivity index (χ2n) is 1.52. The Morgan fingerprint density at radius 2 is 2.33 bits per heavy atom. The van der Waals surface area contributed by atoms with Crippen molar-refractivity contribution in [3.63, 3.8) is 0 Å². The fourth-order valence-corrected chi connectivity index (χ4v) is 0.570. The molecule has 2 radical (unpaired) electrons. The lowest BCUT2D eigenvalue weighted by Crippen LogP contribution is -2.11. The van der Waals surface area contributed by atoms with Gasteiger partial charge in [0.05, 0.1) is 5.02 Å². The van der Waals surface area contributed by atoms with Gasteiger partial charge in [-0.05, 0) is 6.07 Å². The first-order valence-electron chi connectivity index (χ1n) is 2.26. The molecule has 0 aromatic carbocycles. The van der Waals surface area contributed by atoms with Gasteiger partial charge in [-0.2, -0.15) is 0 Å². The van der Waals surface area contributed by atoms with Gasteiger partial charge in [0, 0.05) is 11.8 Å². The summed E-state index contributed by atoms with van der Waals surface area (Å²) in [5.41, 5.74) is -0.126. The molecule has 0 amide bonds. The average Bonchev–Trinajstić information content (AvgIpc) is 1.80. The van der Waals surface area contributed by atoms with Crippen molar-refractivity contribution in [3.8, 4) is 0 Å². The highest BCUT2D eigenvalue weighted by Crippen LogP contribution is 2.04. The number of aromatic nitrogens is 1. The van der Waals surface area contributed by atoms with Gasteiger partial charge in [0.15, 0.2) is 0 Å². The van der Waals surface area contributed by atoms with E-state index in [9.17, 15) is 4.39 Å². The molecule has 0 bridgehead atoms. The van der Waals surface area contributed by atoms with Crippen LogP contribution in [0.15, 0.2) is 12.3 Å². The largest absolute Gasteiger partial charge is 0.268 e. The molecule has 0 aliphatic rings. The zero-order valence-corrected chi connectivity index (χ0v) is 5.19. The monoisotopic (exact) mass is 141 g/mol. The topological polar surface area (TPSA) is 12.9 Å². The minimum absolute atomic E-state index is 0.126. The smallest absolute Gasteiger partial charge is 0.145 e. The van der Waals surface area contributed by atoms with Crippen LogP contribution < -0.4 is 5.59 Å². The first-order valence-corrected chi connectivity index (χ1v) is 2.64. The van der Waals surface area contributed by atoms with Crippen LogP contribution in [0.4, 0.5) is 4.39 Å². The number of pyridine rings is 1. The van der Waals surface area contributed by atoms with E-state index in [1.54, 1.807) is 0 Å². The first kappa shape index (κ1) is 6.55. The molecular formula is C5H2BClFN. The summed E-state index contributed by atoms with van der Waals surface area (Å²) in [7, 11) is 5.04. The highest BCUT2D eigenvalue weighted by Gasteiger charge is 1.95. The summed E-state index contributed by atoms with van der Waals surface area (Å²) >= 11 is 5.36. The molecule has 1 heterocycles. The Morgan fingerprint density at radius 3 is 2.78 bits per heavy atom. The van der Waals surface area contributed by atoms with E-state index in [1.165, 1.54) is 6.20 Å². The minimum Gasteiger partial charge on any atom is -0.268 e. The summed E-state index contributed by atoms with van der Waals surface area (Å²) in [6.07, 6.45) is 1.29. The summed E-state index contributed by atoms with van der Waals surface area (Å²) in [5, 5.41) is 0.252. The first-order chi connectivity index (χ1) is 4.20. The summed E-state index contributed by atoms with van der Waals surface area (Å²) in [5.74, 6) is -0.581. The zero-order valence-electron chi connectivity index (χ0n) is 4.44. The Balaban J connectivity index is 3.17. The van der Waals surface area contributed by atoms with Gasteiger partial charge in [-0.1, -0.05) is 11.6 Å². The molecule has 0 saturated heterocycles. The fourth-order valence-electron chi connectivity index (χ4n) is 0.425. The van der Waals surface area contributed by atoms with Gasteiger partial charge in [-0.25, -0.2) is 4.39 Å². The molecule has 0 saturated carbocycles. The summed E-state index contributed by atoms with van der Waals surface area (Å²) in [6, 6.07) is 1.11. The van der Waals surface area contributed by atoms with Gasteiger partial charge in [0.1, 0.15) is 13.7 Å². The molecule has 1 rings (SSSR count). The maximum absolute atomic E-state index is 12.3. The Hall–Kier alpha value is -0.565. The van der Waals surface area contributed by atoms with Crippen molar-refractivity contribution < 1.29 is 4.39 Å². The van der Waals surface area contributed by atoms with Crippen molar-refractivity contribution in [2.45, 2.75) is 0 Å². The van der Waals surface area contributed by atoms with E-state index in [0.29, 0.717) is 0 Å². The van der Waals surface area contributed by atoms with E-state index in [-0.39, 0.29) is 10.6 Å². The Kier molecular flexibility index (Phi) is 1.71. The van der Waals surface area contributed by atoms with Crippen LogP contribution >= 0.6 is 11.6 Å². The van der Waals surface area contributed by atoms with Crippen LogP contribution in [-0.2, 0) is 0 Å². The third-order valence-electron chi connectivity index (χ3n) is 0.836. The van der Waals surface area contributed by atoms with Crippen molar-refractivity contribution in [2.75, 3.05) is 0 Å². The molecule has 44 valence electrons. The van der Waals surface area contributed by atoms with Crippen LogP contribution in [0.5, 0.6) is 0 Å². The maximum atomic E-state index is 12.3. The molecule has 1 nitrogen and oxygen atoms in total. The predicted octanol–water partition coefficient (Wildman–Crippen LogP) is 0.668. The van der Waals surface area contributed by atoms with Crippen molar-refractivity contribution in [2.24, 2.45) is 0 Å². The second kappa shape index (κ2) is 2.35. The van der Waals surface area contributed by atoms with Crippen LogP contribution in [0, 0.1) is 5.82 Å². The molecule has 0 fully saturated rings. The minimum atomic E-state index is -0.581. The highest BCUT2D eigenvalue weighted by molar-refractivity contribution is 6.32. The Bertz CT molecular complexity index is 228. The molecule has 9 heavy (non-hydrogen) atoms. The average molecular weight is 141 g/mol. The third-order valence-corrected chi connectivity index (χ3v) is 1.04. The van der Waals surface area contributed by atoms with Gasteiger partial charge in [-0.15, -0.1) is 0 Å². The lowest BCUT2D eigenvalue weighted by molar-refractivity contribution is 0.631. The molecule has 0 spiro atoms. The van der Waals surface area contributed by atoms with Crippen molar-refractivity contribution in [1.82, 2.24) is 4.98 Å².